The van der Waals surface area contributed by atoms with Gasteiger partial charge < -0.3 is 9.67 Å². The molecule has 7 heteroatoms. The highest BCUT2D eigenvalue weighted by molar-refractivity contribution is 5.86. The Morgan fingerprint density at radius 2 is 2.22 bits per heavy atom. The third-order valence-electron chi connectivity index (χ3n) is 3.19. The van der Waals surface area contributed by atoms with E-state index in [2.05, 4.69) is 15.3 Å². The van der Waals surface area contributed by atoms with Gasteiger partial charge in [0, 0.05) is 26.1 Å². The molecular formula is C11H13N5O2. The van der Waals surface area contributed by atoms with E-state index in [1.165, 1.54) is 10.7 Å². The number of carboxylic acid groups (broad SMARTS) is 1. The molecule has 18 heavy (non-hydrogen) atoms. The summed E-state index contributed by atoms with van der Waals surface area (Å²) in [6.07, 6.45) is 3.15. The van der Waals surface area contributed by atoms with Gasteiger partial charge in [-0.25, -0.2) is 4.79 Å². The second-order valence-corrected chi connectivity index (χ2v) is 4.39. The number of carbonyl (C=O) groups is 1. The first-order valence-corrected chi connectivity index (χ1v) is 5.86. The zero-order chi connectivity index (χ0) is 12.7. The molecule has 0 unspecified atom stereocenters. The quantitative estimate of drug-likeness (QED) is 0.844. The van der Waals surface area contributed by atoms with Crippen molar-refractivity contribution in [1.29, 1.82) is 0 Å². The molecule has 3 heterocycles. The van der Waals surface area contributed by atoms with Gasteiger partial charge in [0.05, 0.1) is 0 Å². The van der Waals surface area contributed by atoms with Crippen LogP contribution in [0.2, 0.25) is 0 Å². The van der Waals surface area contributed by atoms with E-state index < -0.39 is 5.97 Å². The number of aryl methyl sites for hydroxylation is 2. The van der Waals surface area contributed by atoms with Gasteiger partial charge in [-0.15, -0.1) is 10.2 Å². The number of aromatic nitrogens is 5. The molecule has 0 bridgehead atoms. The normalized spacial score (nSPS) is 14.5. The van der Waals surface area contributed by atoms with E-state index in [4.69, 9.17) is 5.11 Å². The van der Waals surface area contributed by atoms with Crippen molar-refractivity contribution in [2.45, 2.75) is 25.8 Å². The zero-order valence-electron chi connectivity index (χ0n) is 10.00. The van der Waals surface area contributed by atoms with Crippen LogP contribution in [0.5, 0.6) is 0 Å². The Bertz CT molecular complexity index is 613. The van der Waals surface area contributed by atoms with Crippen molar-refractivity contribution < 1.29 is 9.90 Å². The molecule has 0 radical (unpaired) electrons. The standard InChI is InChI=1S/C11H13N5O2/c1-15-8(6-7(14-15)11(17)18)10-13-12-9-4-2-3-5-16(9)10/h6H,2-5H2,1H3,(H,17,18). The number of aromatic carboxylic acids is 1. The van der Waals surface area contributed by atoms with Crippen molar-refractivity contribution >= 4 is 5.97 Å². The molecule has 0 amide bonds. The largest absolute Gasteiger partial charge is 0.476 e. The van der Waals surface area contributed by atoms with Crippen LogP contribution < -0.4 is 0 Å². The van der Waals surface area contributed by atoms with Gasteiger partial charge in [0.1, 0.15) is 11.5 Å². The molecule has 2 aromatic heterocycles. The van der Waals surface area contributed by atoms with Crippen LogP contribution in [0.15, 0.2) is 6.07 Å². The maximum absolute atomic E-state index is 10.9. The topological polar surface area (TPSA) is 85.8 Å². The van der Waals surface area contributed by atoms with E-state index in [1.807, 2.05) is 4.57 Å². The molecule has 94 valence electrons. The highest BCUT2D eigenvalue weighted by atomic mass is 16.4. The summed E-state index contributed by atoms with van der Waals surface area (Å²) in [6.45, 7) is 0.880. The predicted octanol–water partition coefficient (Wildman–Crippen LogP) is 0.713. The molecule has 0 aromatic carbocycles. The van der Waals surface area contributed by atoms with Gasteiger partial charge in [-0.2, -0.15) is 5.10 Å². The Hall–Kier alpha value is -2.18. The van der Waals surface area contributed by atoms with Gasteiger partial charge in [-0.05, 0) is 12.8 Å². The van der Waals surface area contributed by atoms with Gasteiger partial charge in [0.2, 0.25) is 0 Å². The lowest BCUT2D eigenvalue weighted by Crippen LogP contribution is -2.12. The van der Waals surface area contributed by atoms with Crippen molar-refractivity contribution in [2.24, 2.45) is 7.05 Å². The molecule has 0 saturated carbocycles. The zero-order valence-corrected chi connectivity index (χ0v) is 10.00. The minimum Gasteiger partial charge on any atom is -0.476 e. The molecule has 7 nitrogen and oxygen atoms in total. The Balaban J connectivity index is 2.09. The minimum atomic E-state index is -1.03. The van der Waals surface area contributed by atoms with E-state index in [0.717, 1.165) is 31.6 Å². The van der Waals surface area contributed by atoms with E-state index in [1.54, 1.807) is 7.05 Å². The summed E-state index contributed by atoms with van der Waals surface area (Å²) >= 11 is 0. The van der Waals surface area contributed by atoms with Crippen LogP contribution in [0, 0.1) is 0 Å². The maximum Gasteiger partial charge on any atom is 0.356 e. The first-order valence-electron chi connectivity index (χ1n) is 5.86. The molecule has 2 aromatic rings. The smallest absolute Gasteiger partial charge is 0.356 e. The SMILES string of the molecule is Cn1nc(C(=O)O)cc1-c1nnc2n1CCCC2. The predicted molar refractivity (Wildman–Crippen MR) is 62.1 cm³/mol. The summed E-state index contributed by atoms with van der Waals surface area (Å²) in [4.78, 5) is 10.9. The molecule has 1 aliphatic rings. The lowest BCUT2D eigenvalue weighted by molar-refractivity contribution is 0.0689. The third-order valence-corrected chi connectivity index (χ3v) is 3.19. The number of carboxylic acids is 1. The average Bonchev–Trinajstić information content (AvgIpc) is 2.92. The van der Waals surface area contributed by atoms with Crippen LogP contribution in [0.3, 0.4) is 0 Å². The molecule has 0 fully saturated rings. The van der Waals surface area contributed by atoms with Gasteiger partial charge in [-0.1, -0.05) is 0 Å². The molecule has 0 aliphatic carbocycles. The molecule has 1 aliphatic heterocycles. The average molecular weight is 247 g/mol. The van der Waals surface area contributed by atoms with Crippen LogP contribution >= 0.6 is 0 Å². The van der Waals surface area contributed by atoms with Crippen LogP contribution in [-0.2, 0) is 20.0 Å². The van der Waals surface area contributed by atoms with Crippen LogP contribution in [-0.4, -0.2) is 35.6 Å². The Kier molecular flexibility index (Phi) is 2.39. The molecule has 0 saturated heterocycles. The first-order chi connectivity index (χ1) is 8.66. The van der Waals surface area contributed by atoms with Crippen LogP contribution in [0.1, 0.15) is 29.2 Å². The van der Waals surface area contributed by atoms with Crippen molar-refractivity contribution in [3.63, 3.8) is 0 Å². The fourth-order valence-corrected chi connectivity index (χ4v) is 2.28. The number of fused-ring (bicyclic) bond motifs is 1. The summed E-state index contributed by atoms with van der Waals surface area (Å²) in [6, 6.07) is 1.54. The third kappa shape index (κ3) is 1.59. The van der Waals surface area contributed by atoms with Gasteiger partial charge in [-0.3, -0.25) is 4.68 Å². The Morgan fingerprint density at radius 3 is 2.94 bits per heavy atom. The minimum absolute atomic E-state index is 0.0284. The molecule has 0 atom stereocenters. The van der Waals surface area contributed by atoms with E-state index in [0.29, 0.717) is 11.5 Å². The monoisotopic (exact) mass is 247 g/mol. The van der Waals surface area contributed by atoms with E-state index in [9.17, 15) is 4.79 Å². The summed E-state index contributed by atoms with van der Waals surface area (Å²) < 4.78 is 3.58. The summed E-state index contributed by atoms with van der Waals surface area (Å²) in [7, 11) is 1.71. The number of rotatable bonds is 2. The summed E-state index contributed by atoms with van der Waals surface area (Å²) in [5, 5.41) is 21.2. The number of hydrogen-bond acceptors (Lipinski definition) is 4. The lowest BCUT2D eigenvalue weighted by Gasteiger charge is -2.14. The summed E-state index contributed by atoms with van der Waals surface area (Å²) in [5.41, 5.74) is 0.716. The van der Waals surface area contributed by atoms with Crippen molar-refractivity contribution in [2.75, 3.05) is 0 Å². The van der Waals surface area contributed by atoms with Crippen LogP contribution in [0.25, 0.3) is 11.5 Å². The van der Waals surface area contributed by atoms with E-state index >= 15 is 0 Å². The number of hydrogen-bond donors (Lipinski definition) is 1. The Labute approximate surface area is 103 Å². The van der Waals surface area contributed by atoms with Gasteiger partial charge in [0.15, 0.2) is 11.5 Å². The van der Waals surface area contributed by atoms with Crippen molar-refractivity contribution in [3.8, 4) is 11.5 Å². The lowest BCUT2D eigenvalue weighted by atomic mass is 10.1. The molecule has 0 spiro atoms. The van der Waals surface area contributed by atoms with Crippen molar-refractivity contribution in [1.82, 2.24) is 24.5 Å². The highest BCUT2D eigenvalue weighted by Crippen LogP contribution is 2.23. The second-order valence-electron chi connectivity index (χ2n) is 4.39. The van der Waals surface area contributed by atoms with Gasteiger partial charge in [0.25, 0.3) is 0 Å². The summed E-state index contributed by atoms with van der Waals surface area (Å²) in [5.74, 6) is 0.636. The molecular weight excluding hydrogens is 234 g/mol. The second kappa shape index (κ2) is 3.94. The highest BCUT2D eigenvalue weighted by Gasteiger charge is 2.21. The number of nitrogens with zero attached hydrogens (tertiary/aromatic N) is 5. The van der Waals surface area contributed by atoms with Gasteiger partial charge >= 0.3 is 5.97 Å². The molecule has 1 N–H and O–H groups in total. The van der Waals surface area contributed by atoms with Crippen LogP contribution in [0.4, 0.5) is 0 Å². The Morgan fingerprint density at radius 1 is 1.39 bits per heavy atom. The van der Waals surface area contributed by atoms with E-state index in [-0.39, 0.29) is 5.69 Å². The first kappa shape index (κ1) is 10.9. The van der Waals surface area contributed by atoms with Crippen molar-refractivity contribution in [3.05, 3.63) is 17.6 Å². The molecule has 3 rings (SSSR count). The fourth-order valence-electron chi connectivity index (χ4n) is 2.28. The fraction of sp³-hybridized carbons (Fsp3) is 0.455. The maximum atomic E-state index is 10.9.